The van der Waals surface area contributed by atoms with Gasteiger partial charge in [-0.05, 0) is 39.0 Å². The van der Waals surface area contributed by atoms with Gasteiger partial charge in [0.25, 0.3) is 0 Å². The highest BCUT2D eigenvalue weighted by Crippen LogP contribution is 2.45. The number of rotatable bonds is 5. The number of nitrogens with two attached hydrogens (primary N) is 1. The zero-order valence-corrected chi connectivity index (χ0v) is 16.2. The predicted octanol–water partition coefficient (Wildman–Crippen LogP) is 1.44. The van der Waals surface area contributed by atoms with E-state index in [0.717, 1.165) is 0 Å². The van der Waals surface area contributed by atoms with Crippen LogP contribution in [0, 0.1) is 11.3 Å². The van der Waals surface area contributed by atoms with E-state index >= 15 is 0 Å². The Balaban J connectivity index is 3.34. The van der Waals surface area contributed by atoms with Crippen LogP contribution in [0.1, 0.15) is 54.4 Å². The summed E-state index contributed by atoms with van der Waals surface area (Å²) in [4.78, 5) is 38.9. The molecule has 0 aromatic carbocycles. The summed E-state index contributed by atoms with van der Waals surface area (Å²) in [6.07, 6.45) is 1.30. The maximum atomic E-state index is 12.8. The third-order valence-electron chi connectivity index (χ3n) is 4.65. The molecule has 1 rings (SSSR count). The Morgan fingerprint density at radius 2 is 1.76 bits per heavy atom. The van der Waals surface area contributed by atoms with Crippen LogP contribution >= 0.6 is 0 Å². The number of hydrogen-bond donors (Lipinski definition) is 2. The molecule has 1 fully saturated rings. The molecular formula is C18H32N2O5. The van der Waals surface area contributed by atoms with Crippen molar-refractivity contribution in [3.05, 3.63) is 0 Å². The lowest BCUT2D eigenvalue weighted by Gasteiger charge is -2.52. The summed E-state index contributed by atoms with van der Waals surface area (Å²) in [6.45, 7) is 10.7. The van der Waals surface area contributed by atoms with E-state index in [1.54, 1.807) is 20.8 Å². The summed E-state index contributed by atoms with van der Waals surface area (Å²) < 4.78 is 5.33. The number of Topliss-reactive ketones (excluding diaryl/α,β-unsaturated/α-hetero) is 1. The summed E-state index contributed by atoms with van der Waals surface area (Å²) in [5, 5.41) is 10.1. The number of ketones is 1. The number of carbonyl (C=O) groups is 3. The fourth-order valence-corrected chi connectivity index (χ4v) is 3.81. The molecule has 0 saturated carbocycles. The third-order valence-corrected chi connectivity index (χ3v) is 4.65. The van der Waals surface area contributed by atoms with Crippen LogP contribution in [0.2, 0.25) is 0 Å². The Labute approximate surface area is 149 Å². The monoisotopic (exact) mass is 356 g/mol. The largest absolute Gasteiger partial charge is 0.480 e. The fourth-order valence-electron chi connectivity index (χ4n) is 3.81. The van der Waals surface area contributed by atoms with Crippen molar-refractivity contribution >= 4 is 17.7 Å². The number of piperidine rings is 1. The number of carbonyl (C=O) groups excluding carboxylic acids is 2. The van der Waals surface area contributed by atoms with Gasteiger partial charge in [-0.1, -0.05) is 20.8 Å². The molecule has 1 saturated heterocycles. The van der Waals surface area contributed by atoms with E-state index in [0.29, 0.717) is 19.4 Å². The molecule has 0 aliphatic carbocycles. The van der Waals surface area contributed by atoms with E-state index in [1.165, 1.54) is 4.90 Å². The molecule has 25 heavy (non-hydrogen) atoms. The maximum absolute atomic E-state index is 12.8. The number of carboxylic acids is 1. The highest BCUT2D eigenvalue weighted by molar-refractivity contribution is 6.09. The average molecular weight is 356 g/mol. The SMILES string of the molecule is CC(C)(C)OC(=O)CN1CCCC(C(C)(C)C)C1(C(=O)O)C(=O)CN. The molecule has 1 aliphatic rings. The van der Waals surface area contributed by atoms with Crippen LogP contribution in [0.25, 0.3) is 0 Å². The van der Waals surface area contributed by atoms with Crippen LogP contribution < -0.4 is 5.73 Å². The second kappa shape index (κ2) is 7.41. The Morgan fingerprint density at radius 1 is 1.20 bits per heavy atom. The second-order valence-electron chi connectivity index (χ2n) is 8.77. The zero-order valence-electron chi connectivity index (χ0n) is 16.2. The van der Waals surface area contributed by atoms with E-state index < -0.39 is 40.2 Å². The van der Waals surface area contributed by atoms with Gasteiger partial charge in [-0.2, -0.15) is 0 Å². The number of likely N-dealkylation sites (tertiary alicyclic amines) is 1. The Kier molecular flexibility index (Phi) is 6.40. The predicted molar refractivity (Wildman–Crippen MR) is 94.0 cm³/mol. The van der Waals surface area contributed by atoms with Gasteiger partial charge in [0.2, 0.25) is 0 Å². The van der Waals surface area contributed by atoms with Gasteiger partial charge >= 0.3 is 11.9 Å². The first-order valence-electron chi connectivity index (χ1n) is 8.70. The number of hydrogen-bond acceptors (Lipinski definition) is 6. The molecule has 2 atom stereocenters. The van der Waals surface area contributed by atoms with Crippen molar-refractivity contribution in [3.63, 3.8) is 0 Å². The van der Waals surface area contributed by atoms with Gasteiger partial charge < -0.3 is 15.6 Å². The summed E-state index contributed by atoms with van der Waals surface area (Å²) in [5.41, 5.74) is 2.65. The molecule has 0 radical (unpaired) electrons. The fraction of sp³-hybridized carbons (Fsp3) is 0.833. The van der Waals surface area contributed by atoms with Gasteiger partial charge in [-0.25, -0.2) is 4.79 Å². The topological polar surface area (TPSA) is 110 Å². The molecule has 1 heterocycles. The van der Waals surface area contributed by atoms with Crippen LogP contribution in [0.3, 0.4) is 0 Å². The first-order valence-corrected chi connectivity index (χ1v) is 8.70. The van der Waals surface area contributed by atoms with Crippen LogP contribution in [0.4, 0.5) is 0 Å². The smallest absolute Gasteiger partial charge is 0.332 e. The Hall–Kier alpha value is -1.47. The summed E-state index contributed by atoms with van der Waals surface area (Å²) in [6, 6.07) is 0. The van der Waals surface area contributed by atoms with Gasteiger partial charge in [0.15, 0.2) is 11.3 Å². The lowest BCUT2D eigenvalue weighted by atomic mass is 9.62. The number of esters is 1. The van der Waals surface area contributed by atoms with E-state index in [-0.39, 0.29) is 13.1 Å². The molecule has 0 aromatic heterocycles. The number of ether oxygens (including phenoxy) is 1. The first kappa shape index (κ1) is 21.6. The third kappa shape index (κ3) is 4.58. The summed E-state index contributed by atoms with van der Waals surface area (Å²) in [5.74, 6) is -2.81. The highest BCUT2D eigenvalue weighted by Gasteiger charge is 2.60. The van der Waals surface area contributed by atoms with Crippen LogP contribution in [-0.4, -0.2) is 58.5 Å². The van der Waals surface area contributed by atoms with Crippen LogP contribution in [0.5, 0.6) is 0 Å². The average Bonchev–Trinajstić information content (AvgIpc) is 2.42. The lowest BCUT2D eigenvalue weighted by Crippen LogP contribution is -2.71. The molecule has 144 valence electrons. The standard InChI is InChI=1S/C18H32N2O5/c1-16(2,3)12-8-7-9-20(11-14(22)25-17(4,5)6)18(12,15(23)24)13(21)10-19/h12H,7-11,19H2,1-6H3,(H,23,24). The molecule has 3 N–H and O–H groups in total. The molecule has 7 nitrogen and oxygen atoms in total. The van der Waals surface area contributed by atoms with E-state index in [4.69, 9.17) is 10.5 Å². The molecule has 0 bridgehead atoms. The Bertz CT molecular complexity index is 533. The van der Waals surface area contributed by atoms with Gasteiger partial charge in [0.05, 0.1) is 13.1 Å². The molecule has 1 aliphatic heterocycles. The van der Waals surface area contributed by atoms with Crippen LogP contribution in [0.15, 0.2) is 0 Å². The van der Waals surface area contributed by atoms with E-state index in [2.05, 4.69) is 0 Å². The summed E-state index contributed by atoms with van der Waals surface area (Å²) >= 11 is 0. The molecule has 0 spiro atoms. The number of nitrogens with zero attached hydrogens (tertiary/aromatic N) is 1. The zero-order chi connectivity index (χ0) is 19.6. The van der Waals surface area contributed by atoms with Crippen molar-refractivity contribution in [1.29, 1.82) is 0 Å². The van der Waals surface area contributed by atoms with Crippen molar-refractivity contribution < 1.29 is 24.2 Å². The van der Waals surface area contributed by atoms with E-state index in [1.807, 2.05) is 20.8 Å². The second-order valence-corrected chi connectivity index (χ2v) is 8.77. The number of carboxylic acid groups (broad SMARTS) is 1. The Morgan fingerprint density at radius 3 is 2.16 bits per heavy atom. The molecular weight excluding hydrogens is 324 g/mol. The van der Waals surface area contributed by atoms with Gasteiger partial charge in [-0.15, -0.1) is 0 Å². The highest BCUT2D eigenvalue weighted by atomic mass is 16.6. The van der Waals surface area contributed by atoms with E-state index in [9.17, 15) is 19.5 Å². The molecule has 0 aromatic rings. The van der Waals surface area contributed by atoms with Crippen LogP contribution in [-0.2, 0) is 19.1 Å². The normalized spacial score (nSPS) is 25.5. The summed E-state index contributed by atoms with van der Waals surface area (Å²) in [7, 11) is 0. The first-order chi connectivity index (χ1) is 11.3. The van der Waals surface area contributed by atoms with Crippen molar-refractivity contribution in [2.75, 3.05) is 19.6 Å². The molecule has 2 unspecified atom stereocenters. The van der Waals surface area contributed by atoms with Crippen molar-refractivity contribution in [2.45, 2.75) is 65.5 Å². The van der Waals surface area contributed by atoms with Crippen molar-refractivity contribution in [2.24, 2.45) is 17.1 Å². The maximum Gasteiger partial charge on any atom is 0.332 e. The van der Waals surface area contributed by atoms with Gasteiger partial charge in [0.1, 0.15) is 5.60 Å². The quantitative estimate of drug-likeness (QED) is 0.566. The minimum Gasteiger partial charge on any atom is -0.480 e. The lowest BCUT2D eigenvalue weighted by molar-refractivity contribution is -0.176. The van der Waals surface area contributed by atoms with Crippen molar-refractivity contribution in [1.82, 2.24) is 4.90 Å². The molecule has 7 heteroatoms. The minimum absolute atomic E-state index is 0.248. The van der Waals surface area contributed by atoms with Gasteiger partial charge in [-0.3, -0.25) is 14.5 Å². The van der Waals surface area contributed by atoms with Crippen molar-refractivity contribution in [3.8, 4) is 0 Å². The van der Waals surface area contributed by atoms with Gasteiger partial charge in [0, 0.05) is 12.5 Å². The minimum atomic E-state index is -1.80. The molecule has 0 amide bonds. The number of aliphatic carboxylic acids is 1.